The number of aryl methyl sites for hydroxylation is 1. The summed E-state index contributed by atoms with van der Waals surface area (Å²) in [7, 11) is 1.68. The highest BCUT2D eigenvalue weighted by Crippen LogP contribution is 2.32. The Bertz CT molecular complexity index is 562. The number of carboxylic acid groups (broad SMARTS) is 1. The van der Waals surface area contributed by atoms with Gasteiger partial charge in [0.25, 0.3) is 0 Å². The number of nitrogens with zero attached hydrogens (tertiary/aromatic N) is 1. The van der Waals surface area contributed by atoms with Gasteiger partial charge in [-0.15, -0.1) is 0 Å². The van der Waals surface area contributed by atoms with E-state index in [4.69, 9.17) is 16.7 Å². The van der Waals surface area contributed by atoms with Crippen molar-refractivity contribution in [2.75, 3.05) is 0 Å². The summed E-state index contributed by atoms with van der Waals surface area (Å²) < 4.78 is 2.41. The molecule has 0 bridgehead atoms. The fourth-order valence-electron chi connectivity index (χ4n) is 1.59. The van der Waals surface area contributed by atoms with E-state index in [0.29, 0.717) is 5.02 Å². The van der Waals surface area contributed by atoms with Crippen LogP contribution in [0.4, 0.5) is 0 Å². The number of carboxylic acids is 1. The molecular weight excluding hydrogens is 281 g/mol. The van der Waals surface area contributed by atoms with Crippen LogP contribution >= 0.6 is 27.5 Å². The minimum Gasteiger partial charge on any atom is -0.477 e. The zero-order chi connectivity index (χ0) is 11.2. The van der Waals surface area contributed by atoms with Crippen LogP contribution in [0, 0.1) is 0 Å². The Balaban J connectivity index is 2.93. The Kier molecular flexibility index (Phi) is 2.48. The first-order valence-electron chi connectivity index (χ1n) is 4.19. The molecule has 1 heterocycles. The Hall–Kier alpha value is -1.00. The lowest BCUT2D eigenvalue weighted by molar-refractivity contribution is 0.0687. The number of fused-ring (bicyclic) bond motifs is 1. The predicted molar refractivity (Wildman–Crippen MR) is 62.6 cm³/mol. The lowest BCUT2D eigenvalue weighted by Crippen LogP contribution is -2.03. The second-order valence-corrected chi connectivity index (χ2v) is 4.45. The van der Waals surface area contributed by atoms with Gasteiger partial charge in [0.15, 0.2) is 0 Å². The maximum absolute atomic E-state index is 10.9. The van der Waals surface area contributed by atoms with Gasteiger partial charge in [0.2, 0.25) is 0 Å². The first kappa shape index (κ1) is 10.5. The van der Waals surface area contributed by atoms with Crippen LogP contribution in [0.2, 0.25) is 5.02 Å². The number of aromatic nitrogens is 1. The first-order valence-corrected chi connectivity index (χ1v) is 5.36. The molecule has 5 heteroatoms. The summed E-state index contributed by atoms with van der Waals surface area (Å²) in [5, 5.41) is 10.3. The molecule has 1 aromatic heterocycles. The van der Waals surface area contributed by atoms with E-state index in [1.807, 2.05) is 0 Å². The highest BCUT2D eigenvalue weighted by molar-refractivity contribution is 9.10. The summed E-state index contributed by atoms with van der Waals surface area (Å²) >= 11 is 9.38. The summed E-state index contributed by atoms with van der Waals surface area (Å²) in [6, 6.07) is 5.14. The van der Waals surface area contributed by atoms with Crippen molar-refractivity contribution in [2.24, 2.45) is 7.05 Å². The number of aromatic carboxylic acids is 1. The van der Waals surface area contributed by atoms with Crippen molar-refractivity contribution in [1.82, 2.24) is 4.57 Å². The van der Waals surface area contributed by atoms with Gasteiger partial charge >= 0.3 is 5.97 Å². The Labute approximate surface area is 99.4 Å². The summed E-state index contributed by atoms with van der Waals surface area (Å²) in [6.07, 6.45) is 0. The summed E-state index contributed by atoms with van der Waals surface area (Å²) in [4.78, 5) is 10.9. The number of hydrogen-bond donors (Lipinski definition) is 1. The lowest BCUT2D eigenvalue weighted by Gasteiger charge is -2.01. The molecule has 0 fully saturated rings. The van der Waals surface area contributed by atoms with E-state index in [0.717, 1.165) is 15.4 Å². The highest BCUT2D eigenvalue weighted by atomic mass is 79.9. The van der Waals surface area contributed by atoms with Gasteiger partial charge < -0.3 is 9.67 Å². The van der Waals surface area contributed by atoms with E-state index in [1.54, 1.807) is 29.8 Å². The third kappa shape index (κ3) is 1.54. The second-order valence-electron chi connectivity index (χ2n) is 3.19. The molecule has 0 radical (unpaired) electrons. The number of halogens is 2. The third-order valence-electron chi connectivity index (χ3n) is 2.31. The van der Waals surface area contributed by atoms with Crippen LogP contribution in [0.3, 0.4) is 0 Å². The van der Waals surface area contributed by atoms with Gasteiger partial charge in [0.1, 0.15) is 5.69 Å². The lowest BCUT2D eigenvalue weighted by atomic mass is 10.2. The normalized spacial score (nSPS) is 10.9. The molecule has 0 spiro atoms. The quantitative estimate of drug-likeness (QED) is 0.875. The van der Waals surface area contributed by atoms with E-state index in [1.165, 1.54) is 0 Å². The maximum atomic E-state index is 10.9. The Morgan fingerprint density at radius 3 is 2.73 bits per heavy atom. The second kappa shape index (κ2) is 3.54. The van der Waals surface area contributed by atoms with Crippen molar-refractivity contribution in [3.05, 3.63) is 33.4 Å². The van der Waals surface area contributed by atoms with Crippen LogP contribution in [0.1, 0.15) is 10.5 Å². The summed E-state index contributed by atoms with van der Waals surface area (Å²) in [5.41, 5.74) is 0.947. The van der Waals surface area contributed by atoms with Crippen molar-refractivity contribution in [1.29, 1.82) is 0 Å². The van der Waals surface area contributed by atoms with Crippen molar-refractivity contribution in [3.8, 4) is 0 Å². The topological polar surface area (TPSA) is 42.2 Å². The molecule has 0 saturated carbocycles. The molecule has 0 unspecified atom stereocenters. The van der Waals surface area contributed by atoms with Gasteiger partial charge in [-0.25, -0.2) is 4.79 Å². The van der Waals surface area contributed by atoms with Crippen molar-refractivity contribution in [3.63, 3.8) is 0 Å². The number of hydrogen-bond acceptors (Lipinski definition) is 1. The van der Waals surface area contributed by atoms with Crippen LogP contribution in [0.15, 0.2) is 22.7 Å². The first-order chi connectivity index (χ1) is 7.02. The van der Waals surface area contributed by atoms with Gasteiger partial charge in [0.05, 0.1) is 10.5 Å². The molecule has 0 aliphatic heterocycles. The molecule has 2 aromatic rings. The molecule has 0 amide bonds. The average Bonchev–Trinajstić information content (AvgIpc) is 2.51. The number of rotatable bonds is 1. The zero-order valence-electron chi connectivity index (χ0n) is 7.79. The van der Waals surface area contributed by atoms with Crippen LogP contribution in [0.5, 0.6) is 0 Å². The van der Waals surface area contributed by atoms with Crippen LogP contribution < -0.4 is 0 Å². The summed E-state index contributed by atoms with van der Waals surface area (Å²) in [5.74, 6) is -0.961. The molecule has 2 rings (SSSR count). The van der Waals surface area contributed by atoms with Gasteiger partial charge in [0, 0.05) is 16.9 Å². The van der Waals surface area contributed by atoms with Gasteiger partial charge in [-0.05, 0) is 18.2 Å². The average molecular weight is 289 g/mol. The van der Waals surface area contributed by atoms with Crippen molar-refractivity contribution in [2.45, 2.75) is 0 Å². The van der Waals surface area contributed by atoms with E-state index < -0.39 is 5.97 Å². The van der Waals surface area contributed by atoms with Crippen LogP contribution in [0.25, 0.3) is 10.9 Å². The van der Waals surface area contributed by atoms with Crippen LogP contribution in [-0.2, 0) is 7.05 Å². The van der Waals surface area contributed by atoms with E-state index in [-0.39, 0.29) is 5.69 Å². The molecule has 78 valence electrons. The monoisotopic (exact) mass is 287 g/mol. The summed E-state index contributed by atoms with van der Waals surface area (Å²) in [6.45, 7) is 0. The van der Waals surface area contributed by atoms with Gasteiger partial charge in [-0.3, -0.25) is 0 Å². The smallest absolute Gasteiger partial charge is 0.352 e. The third-order valence-corrected chi connectivity index (χ3v) is 3.31. The molecule has 0 aliphatic rings. The molecule has 0 aliphatic carbocycles. The highest BCUT2D eigenvalue weighted by Gasteiger charge is 2.15. The molecule has 1 N–H and O–H groups in total. The number of benzene rings is 1. The Morgan fingerprint density at radius 2 is 2.20 bits per heavy atom. The fourth-order valence-corrected chi connectivity index (χ4v) is 2.32. The molecule has 0 atom stereocenters. The SMILES string of the molecule is Cn1c(C(=O)O)cc2c(Br)ccc(Cl)c21. The van der Waals surface area contributed by atoms with E-state index >= 15 is 0 Å². The molecule has 3 nitrogen and oxygen atoms in total. The van der Waals surface area contributed by atoms with Crippen LogP contribution in [-0.4, -0.2) is 15.6 Å². The zero-order valence-corrected chi connectivity index (χ0v) is 10.1. The largest absolute Gasteiger partial charge is 0.477 e. The minimum atomic E-state index is -0.961. The van der Waals surface area contributed by atoms with Crippen molar-refractivity contribution < 1.29 is 9.90 Å². The molecule has 1 aromatic carbocycles. The van der Waals surface area contributed by atoms with Crippen molar-refractivity contribution >= 4 is 44.4 Å². The van der Waals surface area contributed by atoms with Gasteiger partial charge in [-0.2, -0.15) is 0 Å². The van der Waals surface area contributed by atoms with E-state index in [9.17, 15) is 4.79 Å². The Morgan fingerprint density at radius 1 is 1.53 bits per heavy atom. The predicted octanol–water partition coefficient (Wildman–Crippen LogP) is 3.29. The standard InChI is InChI=1S/C10H7BrClNO2/c1-13-8(10(14)15)4-5-6(11)2-3-7(12)9(5)13/h2-4H,1H3,(H,14,15). The maximum Gasteiger partial charge on any atom is 0.352 e. The van der Waals surface area contributed by atoms with E-state index in [2.05, 4.69) is 15.9 Å². The fraction of sp³-hybridized carbons (Fsp3) is 0.100. The minimum absolute atomic E-state index is 0.221. The molecule has 15 heavy (non-hydrogen) atoms. The molecule has 0 saturated heterocycles. The number of carbonyl (C=O) groups is 1. The molecular formula is C10H7BrClNO2. The van der Waals surface area contributed by atoms with Gasteiger partial charge in [-0.1, -0.05) is 27.5 Å².